The van der Waals surface area contributed by atoms with E-state index < -0.39 is 23.8 Å². The van der Waals surface area contributed by atoms with Crippen molar-refractivity contribution in [2.24, 2.45) is 11.8 Å². The topological polar surface area (TPSA) is 74.6 Å². The maximum absolute atomic E-state index is 11.8. The summed E-state index contributed by atoms with van der Waals surface area (Å²) in [6.45, 7) is 4.48. The predicted molar refractivity (Wildman–Crippen MR) is 154 cm³/mol. The summed E-state index contributed by atoms with van der Waals surface area (Å²) >= 11 is 0. The molecule has 0 saturated heterocycles. The number of carboxylic acid groups (broad SMARTS) is 2. The highest BCUT2D eigenvalue weighted by Crippen LogP contribution is 2.26. The van der Waals surface area contributed by atoms with E-state index in [0.29, 0.717) is 12.8 Å². The third kappa shape index (κ3) is 21.9. The molecule has 0 saturated carbocycles. The van der Waals surface area contributed by atoms with Crippen LogP contribution in [-0.4, -0.2) is 22.2 Å². The maximum Gasteiger partial charge on any atom is 0.307 e. The van der Waals surface area contributed by atoms with E-state index in [1.54, 1.807) is 0 Å². The Balaban J connectivity index is 3.94. The summed E-state index contributed by atoms with van der Waals surface area (Å²) in [6.07, 6.45) is 31.9. The lowest BCUT2D eigenvalue weighted by molar-refractivity contribution is -0.154. The minimum Gasteiger partial charge on any atom is -0.481 e. The Kier molecular flexibility index (Phi) is 25.8. The van der Waals surface area contributed by atoms with Crippen molar-refractivity contribution in [3.8, 4) is 0 Å². The van der Waals surface area contributed by atoms with Crippen LogP contribution >= 0.6 is 0 Å². The average Bonchev–Trinajstić information content (AvgIpc) is 2.85. The second kappa shape index (κ2) is 26.7. The Bertz CT molecular complexity index is 528. The number of unbranched alkanes of at least 4 members (excludes halogenated alkanes) is 19. The van der Waals surface area contributed by atoms with Gasteiger partial charge in [-0.25, -0.2) is 0 Å². The lowest BCUT2D eigenvalue weighted by Crippen LogP contribution is -2.30. The van der Waals surface area contributed by atoms with Gasteiger partial charge in [0.1, 0.15) is 0 Å². The third-order valence-corrected chi connectivity index (χ3v) is 7.52. The molecule has 0 aromatic heterocycles. The molecule has 212 valence electrons. The molecule has 0 heterocycles. The number of carbonyl (C=O) groups is 2. The Morgan fingerprint density at radius 1 is 0.472 bits per heavy atom. The lowest BCUT2D eigenvalue weighted by Gasteiger charge is -2.20. The molecular formula is C32H60O4. The number of carboxylic acids is 2. The predicted octanol–water partition coefficient (Wildman–Crippen LogP) is 10.3. The van der Waals surface area contributed by atoms with Gasteiger partial charge in [-0.15, -0.1) is 0 Å². The van der Waals surface area contributed by atoms with Crippen LogP contribution in [0.4, 0.5) is 0 Å². The Morgan fingerprint density at radius 3 is 1.06 bits per heavy atom. The Labute approximate surface area is 223 Å². The van der Waals surface area contributed by atoms with Gasteiger partial charge in [0.05, 0.1) is 11.8 Å². The highest BCUT2D eigenvalue weighted by atomic mass is 16.4. The summed E-state index contributed by atoms with van der Waals surface area (Å²) in [6, 6.07) is 0. The fourth-order valence-corrected chi connectivity index (χ4v) is 5.10. The van der Waals surface area contributed by atoms with Crippen molar-refractivity contribution in [3.05, 3.63) is 12.2 Å². The van der Waals surface area contributed by atoms with Crippen LogP contribution in [0.2, 0.25) is 0 Å². The molecule has 2 unspecified atom stereocenters. The van der Waals surface area contributed by atoms with E-state index in [1.165, 1.54) is 89.9 Å². The number of aliphatic carboxylic acids is 2. The van der Waals surface area contributed by atoms with E-state index in [9.17, 15) is 19.8 Å². The third-order valence-electron chi connectivity index (χ3n) is 7.52. The van der Waals surface area contributed by atoms with E-state index in [4.69, 9.17) is 0 Å². The van der Waals surface area contributed by atoms with Crippen molar-refractivity contribution >= 4 is 11.9 Å². The van der Waals surface area contributed by atoms with Crippen molar-refractivity contribution < 1.29 is 19.8 Å². The molecule has 0 fully saturated rings. The molecule has 0 spiro atoms. The molecule has 0 aliphatic carbocycles. The molecule has 0 radical (unpaired) electrons. The van der Waals surface area contributed by atoms with E-state index in [0.717, 1.165) is 51.4 Å². The SMILES string of the molecule is CCCCCCCC/C=C\CCCCCCC(C(=O)O)C(CCCCCCCCCCCC)C(=O)O. The van der Waals surface area contributed by atoms with Crippen LogP contribution in [0.15, 0.2) is 12.2 Å². The number of hydrogen-bond donors (Lipinski definition) is 2. The van der Waals surface area contributed by atoms with E-state index in [-0.39, 0.29) is 0 Å². The van der Waals surface area contributed by atoms with Crippen molar-refractivity contribution in [2.45, 2.75) is 168 Å². The molecule has 4 heteroatoms. The summed E-state index contributed by atoms with van der Waals surface area (Å²) in [5, 5.41) is 19.4. The van der Waals surface area contributed by atoms with Gasteiger partial charge in [-0.05, 0) is 38.5 Å². The van der Waals surface area contributed by atoms with Gasteiger partial charge < -0.3 is 10.2 Å². The first kappa shape index (κ1) is 34.7. The highest BCUT2D eigenvalue weighted by Gasteiger charge is 2.32. The number of hydrogen-bond acceptors (Lipinski definition) is 2. The summed E-state index contributed by atoms with van der Waals surface area (Å²) < 4.78 is 0. The molecule has 0 amide bonds. The first-order valence-electron chi connectivity index (χ1n) is 15.6. The normalized spacial score (nSPS) is 13.3. The molecule has 2 N–H and O–H groups in total. The molecule has 0 aliphatic rings. The van der Waals surface area contributed by atoms with Crippen molar-refractivity contribution in [2.75, 3.05) is 0 Å². The van der Waals surface area contributed by atoms with Gasteiger partial charge in [0.2, 0.25) is 0 Å². The summed E-state index contributed by atoms with van der Waals surface area (Å²) in [5.41, 5.74) is 0. The lowest BCUT2D eigenvalue weighted by atomic mass is 9.84. The Morgan fingerprint density at radius 2 is 0.750 bits per heavy atom. The minimum absolute atomic E-state index is 0.484. The molecule has 0 rings (SSSR count). The minimum atomic E-state index is -0.938. The van der Waals surface area contributed by atoms with Gasteiger partial charge in [-0.2, -0.15) is 0 Å². The molecule has 0 bridgehead atoms. The van der Waals surface area contributed by atoms with Crippen LogP contribution in [0.5, 0.6) is 0 Å². The van der Waals surface area contributed by atoms with Crippen LogP contribution in [0.25, 0.3) is 0 Å². The zero-order valence-corrected chi connectivity index (χ0v) is 24.0. The monoisotopic (exact) mass is 508 g/mol. The van der Waals surface area contributed by atoms with Gasteiger partial charge in [-0.1, -0.05) is 142 Å². The van der Waals surface area contributed by atoms with Crippen molar-refractivity contribution in [1.82, 2.24) is 0 Å². The van der Waals surface area contributed by atoms with Crippen LogP contribution in [-0.2, 0) is 9.59 Å². The summed E-state index contributed by atoms with van der Waals surface area (Å²) in [7, 11) is 0. The highest BCUT2D eigenvalue weighted by molar-refractivity contribution is 5.79. The second-order valence-corrected chi connectivity index (χ2v) is 10.9. The van der Waals surface area contributed by atoms with Gasteiger partial charge >= 0.3 is 11.9 Å². The smallest absolute Gasteiger partial charge is 0.307 e. The number of allylic oxidation sites excluding steroid dienone is 2. The van der Waals surface area contributed by atoms with E-state index in [1.807, 2.05) is 0 Å². The van der Waals surface area contributed by atoms with Gasteiger partial charge in [-0.3, -0.25) is 9.59 Å². The first-order chi connectivity index (χ1) is 17.5. The van der Waals surface area contributed by atoms with Crippen molar-refractivity contribution in [1.29, 1.82) is 0 Å². The largest absolute Gasteiger partial charge is 0.481 e. The summed E-state index contributed by atoms with van der Waals surface area (Å²) in [4.78, 5) is 23.6. The fraction of sp³-hybridized carbons (Fsp3) is 0.875. The quantitative estimate of drug-likeness (QED) is 0.0814. The molecule has 36 heavy (non-hydrogen) atoms. The van der Waals surface area contributed by atoms with Gasteiger partial charge in [0.15, 0.2) is 0 Å². The molecule has 0 aromatic rings. The zero-order chi connectivity index (χ0) is 26.7. The van der Waals surface area contributed by atoms with Crippen molar-refractivity contribution in [3.63, 3.8) is 0 Å². The molecule has 4 nitrogen and oxygen atoms in total. The fourth-order valence-electron chi connectivity index (χ4n) is 5.10. The van der Waals surface area contributed by atoms with E-state index >= 15 is 0 Å². The van der Waals surface area contributed by atoms with Crippen LogP contribution in [0.1, 0.15) is 168 Å². The van der Waals surface area contributed by atoms with E-state index in [2.05, 4.69) is 26.0 Å². The maximum atomic E-state index is 11.8. The van der Waals surface area contributed by atoms with Gasteiger partial charge in [0.25, 0.3) is 0 Å². The standard InChI is InChI=1S/C32H60O4/c1-3-5-7-9-11-13-15-16-17-18-20-22-24-26-28-30(32(35)36)29(31(33)34)27-25-23-21-19-14-12-10-8-6-4-2/h16-17,29-30H,3-15,18-28H2,1-2H3,(H,33,34)(H,35,36)/b17-16-. The summed E-state index contributed by atoms with van der Waals surface area (Å²) in [5.74, 6) is -3.37. The number of rotatable bonds is 28. The molecule has 0 aliphatic heterocycles. The van der Waals surface area contributed by atoms with Gasteiger partial charge in [0, 0.05) is 0 Å². The van der Waals surface area contributed by atoms with Crippen LogP contribution in [0, 0.1) is 11.8 Å². The van der Waals surface area contributed by atoms with Crippen LogP contribution in [0.3, 0.4) is 0 Å². The average molecular weight is 509 g/mol. The van der Waals surface area contributed by atoms with Crippen LogP contribution < -0.4 is 0 Å². The molecular weight excluding hydrogens is 448 g/mol. The first-order valence-corrected chi connectivity index (χ1v) is 15.6. The second-order valence-electron chi connectivity index (χ2n) is 10.9. The molecule has 2 atom stereocenters. The zero-order valence-electron chi connectivity index (χ0n) is 24.0. The Hall–Kier alpha value is -1.32. The molecule has 0 aromatic carbocycles.